The highest BCUT2D eigenvalue weighted by Gasteiger charge is 2.29. The molecular weight excluding hydrogens is 314 g/mol. The number of likely N-dealkylation sites (tertiary alicyclic amines) is 1. The number of amides is 1. The summed E-state index contributed by atoms with van der Waals surface area (Å²) in [5.74, 6) is 0.0978. The predicted molar refractivity (Wildman–Crippen MR) is 94.2 cm³/mol. The molecule has 6 nitrogen and oxygen atoms in total. The third kappa shape index (κ3) is 3.33. The van der Waals surface area contributed by atoms with Gasteiger partial charge in [0.25, 0.3) is 5.91 Å². The summed E-state index contributed by atoms with van der Waals surface area (Å²) in [7, 11) is 0. The lowest BCUT2D eigenvalue weighted by Gasteiger charge is -2.18. The van der Waals surface area contributed by atoms with Crippen LogP contribution in [0, 0.1) is 0 Å². The molecule has 0 spiro atoms. The van der Waals surface area contributed by atoms with Crippen LogP contribution in [-0.2, 0) is 13.0 Å². The van der Waals surface area contributed by atoms with Crippen molar-refractivity contribution in [1.29, 1.82) is 0 Å². The minimum absolute atomic E-state index is 0.0978. The second kappa shape index (κ2) is 6.93. The average Bonchev–Trinajstić information content (AvgIpc) is 3.41. The van der Waals surface area contributed by atoms with E-state index < -0.39 is 0 Å². The molecule has 3 aromatic rings. The second-order valence-electron chi connectivity index (χ2n) is 6.39. The Balaban J connectivity index is 1.42. The molecule has 2 aromatic heterocycles. The first-order valence-corrected chi connectivity index (χ1v) is 8.64. The third-order valence-corrected chi connectivity index (χ3v) is 4.79. The Morgan fingerprint density at radius 1 is 1.16 bits per heavy atom. The zero-order valence-corrected chi connectivity index (χ0v) is 14.0. The summed E-state index contributed by atoms with van der Waals surface area (Å²) < 4.78 is 3.90. The number of aromatic nitrogens is 4. The number of rotatable bonds is 5. The van der Waals surface area contributed by atoms with Gasteiger partial charge in [0.1, 0.15) is 18.3 Å². The molecule has 1 amide bonds. The van der Waals surface area contributed by atoms with Gasteiger partial charge in [-0.05, 0) is 30.5 Å². The highest BCUT2D eigenvalue weighted by molar-refractivity contribution is 5.93. The normalized spacial score (nSPS) is 17.1. The van der Waals surface area contributed by atoms with Crippen molar-refractivity contribution in [3.63, 3.8) is 0 Å². The SMILES string of the molecule is O=C(c1cccn1CCc1ccccc1)N1CCC(n2cncn2)C1. The molecule has 0 radical (unpaired) electrons. The van der Waals surface area contributed by atoms with E-state index in [-0.39, 0.29) is 11.9 Å². The van der Waals surface area contributed by atoms with Crippen molar-refractivity contribution in [2.75, 3.05) is 13.1 Å². The zero-order valence-electron chi connectivity index (χ0n) is 14.0. The Hall–Kier alpha value is -2.89. The topological polar surface area (TPSA) is 56.0 Å². The van der Waals surface area contributed by atoms with Crippen molar-refractivity contribution in [3.8, 4) is 0 Å². The van der Waals surface area contributed by atoms with Gasteiger partial charge in [-0.15, -0.1) is 0 Å². The van der Waals surface area contributed by atoms with Gasteiger partial charge in [0.2, 0.25) is 0 Å². The lowest BCUT2D eigenvalue weighted by atomic mass is 10.1. The Bertz CT molecular complexity index is 825. The summed E-state index contributed by atoms with van der Waals surface area (Å²) in [6.07, 6.45) is 7.08. The van der Waals surface area contributed by atoms with E-state index in [0.29, 0.717) is 6.54 Å². The van der Waals surface area contributed by atoms with Crippen molar-refractivity contribution >= 4 is 5.91 Å². The first kappa shape index (κ1) is 15.6. The Morgan fingerprint density at radius 3 is 2.84 bits per heavy atom. The van der Waals surface area contributed by atoms with Crippen LogP contribution < -0.4 is 0 Å². The van der Waals surface area contributed by atoms with Gasteiger partial charge in [-0.2, -0.15) is 5.10 Å². The Morgan fingerprint density at radius 2 is 2.04 bits per heavy atom. The molecule has 0 saturated carbocycles. The van der Waals surface area contributed by atoms with Crippen LogP contribution in [0.25, 0.3) is 0 Å². The van der Waals surface area contributed by atoms with E-state index in [1.807, 2.05) is 46.1 Å². The number of benzene rings is 1. The zero-order chi connectivity index (χ0) is 17.1. The third-order valence-electron chi connectivity index (χ3n) is 4.79. The molecule has 25 heavy (non-hydrogen) atoms. The van der Waals surface area contributed by atoms with Gasteiger partial charge in [0.15, 0.2) is 0 Å². The number of nitrogens with zero attached hydrogens (tertiary/aromatic N) is 5. The molecule has 128 valence electrons. The van der Waals surface area contributed by atoms with E-state index >= 15 is 0 Å². The largest absolute Gasteiger partial charge is 0.343 e. The second-order valence-corrected chi connectivity index (χ2v) is 6.39. The minimum atomic E-state index is 0.0978. The highest BCUT2D eigenvalue weighted by atomic mass is 16.2. The van der Waals surface area contributed by atoms with Crippen molar-refractivity contribution in [3.05, 3.63) is 72.6 Å². The molecule has 1 aliphatic rings. The summed E-state index contributed by atoms with van der Waals surface area (Å²) in [6, 6.07) is 14.4. The summed E-state index contributed by atoms with van der Waals surface area (Å²) in [6.45, 7) is 2.25. The number of hydrogen-bond acceptors (Lipinski definition) is 3. The number of carbonyl (C=O) groups excluding carboxylic acids is 1. The fraction of sp³-hybridized carbons (Fsp3) is 0.316. The van der Waals surface area contributed by atoms with Crippen LogP contribution in [0.2, 0.25) is 0 Å². The van der Waals surface area contributed by atoms with Crippen LogP contribution in [0.5, 0.6) is 0 Å². The van der Waals surface area contributed by atoms with Crippen molar-refractivity contribution in [2.24, 2.45) is 0 Å². The molecule has 6 heteroatoms. The average molecular weight is 335 g/mol. The molecular formula is C19H21N5O. The van der Waals surface area contributed by atoms with E-state index in [4.69, 9.17) is 0 Å². The van der Waals surface area contributed by atoms with Crippen LogP contribution in [0.15, 0.2) is 61.3 Å². The molecule has 1 saturated heterocycles. The Kier molecular flexibility index (Phi) is 4.33. The molecule has 4 rings (SSSR count). The molecule has 1 aromatic carbocycles. The fourth-order valence-corrected chi connectivity index (χ4v) is 3.41. The summed E-state index contributed by atoms with van der Waals surface area (Å²) >= 11 is 0. The van der Waals surface area contributed by atoms with Crippen molar-refractivity contribution in [1.82, 2.24) is 24.2 Å². The maximum absolute atomic E-state index is 12.9. The van der Waals surface area contributed by atoms with Gasteiger partial charge in [-0.25, -0.2) is 9.67 Å². The van der Waals surface area contributed by atoms with Gasteiger partial charge in [0, 0.05) is 25.8 Å². The van der Waals surface area contributed by atoms with Gasteiger partial charge in [-0.3, -0.25) is 4.79 Å². The van der Waals surface area contributed by atoms with Crippen LogP contribution >= 0.6 is 0 Å². The molecule has 0 bridgehead atoms. The van der Waals surface area contributed by atoms with Crippen LogP contribution in [0.1, 0.15) is 28.5 Å². The summed E-state index contributed by atoms with van der Waals surface area (Å²) in [5, 5.41) is 4.20. The summed E-state index contributed by atoms with van der Waals surface area (Å²) in [4.78, 5) is 18.8. The van der Waals surface area contributed by atoms with E-state index in [1.54, 1.807) is 12.7 Å². The van der Waals surface area contributed by atoms with Gasteiger partial charge >= 0.3 is 0 Å². The van der Waals surface area contributed by atoms with Crippen molar-refractivity contribution < 1.29 is 4.79 Å². The maximum Gasteiger partial charge on any atom is 0.270 e. The molecule has 1 aliphatic heterocycles. The first-order chi connectivity index (χ1) is 12.3. The molecule has 3 heterocycles. The maximum atomic E-state index is 12.9. The number of aryl methyl sites for hydroxylation is 2. The lowest BCUT2D eigenvalue weighted by Crippen LogP contribution is -2.31. The van der Waals surface area contributed by atoms with Gasteiger partial charge in [-0.1, -0.05) is 30.3 Å². The van der Waals surface area contributed by atoms with Crippen LogP contribution in [-0.4, -0.2) is 43.2 Å². The smallest absolute Gasteiger partial charge is 0.270 e. The monoisotopic (exact) mass is 335 g/mol. The first-order valence-electron chi connectivity index (χ1n) is 8.64. The van der Waals surface area contributed by atoms with Crippen LogP contribution in [0.3, 0.4) is 0 Å². The molecule has 1 unspecified atom stereocenters. The molecule has 1 fully saturated rings. The van der Waals surface area contributed by atoms with E-state index in [9.17, 15) is 4.79 Å². The minimum Gasteiger partial charge on any atom is -0.343 e. The van der Waals surface area contributed by atoms with E-state index in [0.717, 1.165) is 31.6 Å². The van der Waals surface area contributed by atoms with E-state index in [2.05, 4.69) is 26.8 Å². The number of hydrogen-bond donors (Lipinski definition) is 0. The molecule has 0 N–H and O–H groups in total. The highest BCUT2D eigenvalue weighted by Crippen LogP contribution is 2.22. The standard InChI is InChI=1S/C19H21N5O/c25-19(23-12-9-17(13-23)24-15-20-14-21-24)18-7-4-10-22(18)11-8-16-5-2-1-3-6-16/h1-7,10,14-15,17H,8-9,11-13H2. The Labute approximate surface area is 146 Å². The summed E-state index contributed by atoms with van der Waals surface area (Å²) in [5.41, 5.74) is 2.04. The number of carbonyl (C=O) groups is 1. The molecule has 1 atom stereocenters. The fourth-order valence-electron chi connectivity index (χ4n) is 3.41. The van der Waals surface area contributed by atoms with Gasteiger partial charge < -0.3 is 9.47 Å². The molecule has 0 aliphatic carbocycles. The van der Waals surface area contributed by atoms with E-state index in [1.165, 1.54) is 5.56 Å². The predicted octanol–water partition coefficient (Wildman–Crippen LogP) is 2.41. The van der Waals surface area contributed by atoms with Gasteiger partial charge in [0.05, 0.1) is 6.04 Å². The van der Waals surface area contributed by atoms with Crippen LogP contribution in [0.4, 0.5) is 0 Å². The quantitative estimate of drug-likeness (QED) is 0.719. The lowest BCUT2D eigenvalue weighted by molar-refractivity contribution is 0.0776. The van der Waals surface area contributed by atoms with Crippen molar-refractivity contribution in [2.45, 2.75) is 25.4 Å².